The van der Waals surface area contributed by atoms with Gasteiger partial charge in [0.05, 0.1) is 30.5 Å². The Bertz CT molecular complexity index is 1470. The molecule has 0 fully saturated rings. The summed E-state index contributed by atoms with van der Waals surface area (Å²) in [5.41, 5.74) is 3.11. The fourth-order valence-corrected chi connectivity index (χ4v) is 5.00. The lowest BCUT2D eigenvalue weighted by atomic mass is 10.0. The minimum absolute atomic E-state index is 0.149. The third-order valence-electron chi connectivity index (χ3n) is 6.70. The second-order valence-electron chi connectivity index (χ2n) is 9.09. The number of halogens is 2. The number of aryl methyl sites for hydroxylation is 1. The number of amides is 1. The van der Waals surface area contributed by atoms with Crippen LogP contribution in [0.5, 0.6) is 0 Å². The van der Waals surface area contributed by atoms with Gasteiger partial charge < -0.3 is 24.6 Å². The number of aromatic nitrogens is 4. The first-order valence-corrected chi connectivity index (χ1v) is 12.6. The standard InChI is InChI=1S/C27H28ClFN6O3/c1-3-35-26(6-7-31-35)32-25-10-22(23(28)11-30-25)19-9-24-27(37)34(21(16-38-2)14-33(24)12-19)13-18-8-20(29)5-4-17(18)15-36/h4-12,21,36H,3,13-16H2,1-2H3,(H,30,32)/t21-/m1/s1. The van der Waals surface area contributed by atoms with Gasteiger partial charge in [0.1, 0.15) is 23.1 Å². The first kappa shape index (κ1) is 25.9. The molecule has 3 aromatic heterocycles. The molecule has 1 atom stereocenters. The quantitative estimate of drug-likeness (QED) is 0.326. The van der Waals surface area contributed by atoms with Gasteiger partial charge in [-0.15, -0.1) is 0 Å². The lowest BCUT2D eigenvalue weighted by Crippen LogP contribution is -2.49. The van der Waals surface area contributed by atoms with Gasteiger partial charge >= 0.3 is 0 Å². The van der Waals surface area contributed by atoms with E-state index in [0.717, 1.165) is 16.9 Å². The molecule has 5 rings (SSSR count). The SMILES string of the molecule is CCn1nccc1Nc1cc(-c2cc3n(c2)C[C@H](COC)N(Cc2cc(F)ccc2CO)C3=O)c(Cl)cn1. The van der Waals surface area contributed by atoms with Gasteiger partial charge in [0.2, 0.25) is 0 Å². The van der Waals surface area contributed by atoms with Crippen LogP contribution in [-0.4, -0.2) is 55.0 Å². The molecule has 1 aromatic carbocycles. The van der Waals surface area contributed by atoms with Crippen LogP contribution in [0.2, 0.25) is 5.02 Å². The number of rotatable bonds is 9. The summed E-state index contributed by atoms with van der Waals surface area (Å²) >= 11 is 6.54. The highest BCUT2D eigenvalue weighted by molar-refractivity contribution is 6.33. The predicted molar refractivity (Wildman–Crippen MR) is 142 cm³/mol. The number of nitrogens with zero attached hydrogens (tertiary/aromatic N) is 5. The van der Waals surface area contributed by atoms with Gasteiger partial charge in [-0.2, -0.15) is 5.10 Å². The summed E-state index contributed by atoms with van der Waals surface area (Å²) in [7, 11) is 1.58. The molecule has 4 heterocycles. The Hall–Kier alpha value is -3.73. The molecule has 1 amide bonds. The number of aliphatic hydroxyl groups is 1. The molecule has 2 N–H and O–H groups in total. The van der Waals surface area contributed by atoms with E-state index >= 15 is 0 Å². The fraction of sp³-hybridized carbons (Fsp3) is 0.296. The number of benzene rings is 1. The summed E-state index contributed by atoms with van der Waals surface area (Å²) in [4.78, 5) is 19.8. The lowest BCUT2D eigenvalue weighted by Gasteiger charge is -2.36. The zero-order chi connectivity index (χ0) is 26.8. The van der Waals surface area contributed by atoms with Gasteiger partial charge in [0, 0.05) is 56.3 Å². The van der Waals surface area contributed by atoms with E-state index in [2.05, 4.69) is 15.4 Å². The van der Waals surface area contributed by atoms with Crippen molar-refractivity contribution in [2.24, 2.45) is 0 Å². The third kappa shape index (κ3) is 5.02. The average Bonchev–Trinajstić information content (AvgIpc) is 3.54. The van der Waals surface area contributed by atoms with Crippen LogP contribution in [0.1, 0.15) is 28.5 Å². The number of ether oxygens (including phenoxy) is 1. The van der Waals surface area contributed by atoms with Crippen molar-refractivity contribution in [2.45, 2.75) is 39.2 Å². The molecular formula is C27H28ClFN6O3. The molecule has 0 saturated carbocycles. The number of methoxy groups -OCH3 is 1. The van der Waals surface area contributed by atoms with Gasteiger partial charge in [0.25, 0.3) is 5.91 Å². The number of pyridine rings is 1. The lowest BCUT2D eigenvalue weighted by molar-refractivity contribution is 0.0386. The largest absolute Gasteiger partial charge is 0.392 e. The number of carbonyl (C=O) groups is 1. The summed E-state index contributed by atoms with van der Waals surface area (Å²) in [6, 6.07) is 9.42. The highest BCUT2D eigenvalue weighted by atomic mass is 35.5. The highest BCUT2D eigenvalue weighted by Gasteiger charge is 2.34. The summed E-state index contributed by atoms with van der Waals surface area (Å²) in [5, 5.41) is 17.7. The van der Waals surface area contributed by atoms with Crippen LogP contribution in [0.15, 0.2) is 55.0 Å². The monoisotopic (exact) mass is 538 g/mol. The van der Waals surface area contributed by atoms with E-state index in [1.165, 1.54) is 18.2 Å². The predicted octanol–water partition coefficient (Wildman–Crippen LogP) is 4.47. The first-order chi connectivity index (χ1) is 18.4. The van der Waals surface area contributed by atoms with Crippen molar-refractivity contribution in [3.05, 3.63) is 82.6 Å². The number of carbonyl (C=O) groups excluding carboxylic acids is 1. The maximum absolute atomic E-state index is 14.0. The van der Waals surface area contributed by atoms with Crippen molar-refractivity contribution in [2.75, 3.05) is 19.0 Å². The molecule has 0 saturated heterocycles. The van der Waals surface area contributed by atoms with Crippen LogP contribution in [0, 0.1) is 5.82 Å². The molecule has 11 heteroatoms. The highest BCUT2D eigenvalue weighted by Crippen LogP contribution is 2.34. The van der Waals surface area contributed by atoms with Gasteiger partial charge in [0.15, 0.2) is 0 Å². The van der Waals surface area contributed by atoms with Crippen molar-refractivity contribution < 1.29 is 19.0 Å². The fourth-order valence-electron chi connectivity index (χ4n) is 4.79. The molecule has 0 radical (unpaired) electrons. The van der Waals surface area contributed by atoms with E-state index < -0.39 is 5.82 Å². The zero-order valence-corrected chi connectivity index (χ0v) is 21.8. The van der Waals surface area contributed by atoms with Crippen LogP contribution in [0.4, 0.5) is 16.0 Å². The Balaban J connectivity index is 1.47. The number of nitrogens with one attached hydrogen (secondary N) is 1. The molecule has 0 spiro atoms. The number of hydrogen-bond acceptors (Lipinski definition) is 6. The Morgan fingerprint density at radius 2 is 2.08 bits per heavy atom. The smallest absolute Gasteiger partial charge is 0.271 e. The van der Waals surface area contributed by atoms with E-state index in [4.69, 9.17) is 16.3 Å². The van der Waals surface area contributed by atoms with Crippen LogP contribution >= 0.6 is 11.6 Å². The average molecular weight is 539 g/mol. The van der Waals surface area contributed by atoms with Gasteiger partial charge in [-0.05, 0) is 42.3 Å². The Morgan fingerprint density at radius 3 is 2.84 bits per heavy atom. The molecule has 38 heavy (non-hydrogen) atoms. The van der Waals surface area contributed by atoms with E-state index in [-0.39, 0.29) is 25.1 Å². The molecule has 0 bridgehead atoms. The summed E-state index contributed by atoms with van der Waals surface area (Å²) < 4.78 is 23.1. The van der Waals surface area contributed by atoms with E-state index in [0.29, 0.717) is 47.4 Å². The van der Waals surface area contributed by atoms with E-state index in [1.807, 2.05) is 34.5 Å². The van der Waals surface area contributed by atoms with Crippen molar-refractivity contribution in [3.8, 4) is 11.1 Å². The summed E-state index contributed by atoms with van der Waals surface area (Å²) in [5.74, 6) is 0.760. The molecule has 1 aliphatic heterocycles. The van der Waals surface area contributed by atoms with Crippen molar-refractivity contribution >= 4 is 29.1 Å². The third-order valence-corrected chi connectivity index (χ3v) is 7.00. The van der Waals surface area contributed by atoms with Crippen molar-refractivity contribution in [3.63, 3.8) is 0 Å². The Labute approximate surface area is 224 Å². The molecule has 4 aromatic rings. The number of hydrogen-bond donors (Lipinski definition) is 2. The van der Waals surface area contributed by atoms with Crippen LogP contribution < -0.4 is 5.32 Å². The Morgan fingerprint density at radius 1 is 1.24 bits per heavy atom. The second-order valence-corrected chi connectivity index (χ2v) is 9.49. The van der Waals surface area contributed by atoms with Crippen LogP contribution in [-0.2, 0) is 31.0 Å². The summed E-state index contributed by atoms with van der Waals surface area (Å²) in [6.45, 7) is 3.40. The normalized spacial score (nSPS) is 15.1. The van der Waals surface area contributed by atoms with Crippen LogP contribution in [0.3, 0.4) is 0 Å². The number of anilines is 2. The van der Waals surface area contributed by atoms with Crippen molar-refractivity contribution in [1.82, 2.24) is 24.2 Å². The van der Waals surface area contributed by atoms with Crippen LogP contribution in [0.25, 0.3) is 11.1 Å². The van der Waals surface area contributed by atoms with Gasteiger partial charge in [-0.25, -0.2) is 14.1 Å². The Kier molecular flexibility index (Phi) is 7.46. The summed E-state index contributed by atoms with van der Waals surface area (Å²) in [6.07, 6.45) is 5.19. The second kappa shape index (κ2) is 10.9. The molecule has 9 nitrogen and oxygen atoms in total. The minimum atomic E-state index is -0.422. The molecule has 0 aliphatic carbocycles. The van der Waals surface area contributed by atoms with Gasteiger partial charge in [-0.3, -0.25) is 4.79 Å². The zero-order valence-electron chi connectivity index (χ0n) is 21.1. The number of aliphatic hydroxyl groups excluding tert-OH is 1. The number of fused-ring (bicyclic) bond motifs is 1. The topological polar surface area (TPSA) is 97.4 Å². The van der Waals surface area contributed by atoms with Gasteiger partial charge in [-0.1, -0.05) is 17.7 Å². The molecular weight excluding hydrogens is 511 g/mol. The molecule has 1 aliphatic rings. The first-order valence-electron chi connectivity index (χ1n) is 12.2. The van der Waals surface area contributed by atoms with Crippen molar-refractivity contribution in [1.29, 1.82) is 0 Å². The molecule has 198 valence electrons. The maximum atomic E-state index is 14.0. The van der Waals surface area contributed by atoms with E-state index in [9.17, 15) is 14.3 Å². The molecule has 0 unspecified atom stereocenters. The van der Waals surface area contributed by atoms with E-state index in [1.54, 1.807) is 30.5 Å². The maximum Gasteiger partial charge on any atom is 0.271 e. The minimum Gasteiger partial charge on any atom is -0.392 e.